The Morgan fingerprint density at radius 3 is 2.21 bits per heavy atom. The molecule has 1 atom stereocenters. The summed E-state index contributed by atoms with van der Waals surface area (Å²) in [5.74, 6) is -2.13. The summed E-state index contributed by atoms with van der Waals surface area (Å²) in [7, 11) is 2.64. The van der Waals surface area contributed by atoms with Crippen molar-refractivity contribution < 1.29 is 27.9 Å². The highest BCUT2D eigenvalue weighted by atomic mass is 19.1. The highest BCUT2D eigenvalue weighted by Gasteiger charge is 2.27. The van der Waals surface area contributed by atoms with Crippen molar-refractivity contribution in [2.45, 2.75) is 38.8 Å². The third-order valence-corrected chi connectivity index (χ3v) is 2.94. The summed E-state index contributed by atoms with van der Waals surface area (Å²) in [6, 6.07) is 1.80. The quantitative estimate of drug-likeness (QED) is 0.833. The minimum absolute atomic E-state index is 0.125. The standard InChI is InChI=1S/C16H22F2N2O4/c1-16(2,3)24-15(22)19-13(14(21)20(4)23-5)8-10-6-11(17)9-12(18)7-10/h6-7,9,13H,8H2,1-5H3,(H,19,22)/t13-/m0/s1. The molecule has 0 aliphatic heterocycles. The number of rotatable bonds is 5. The maximum absolute atomic E-state index is 13.3. The van der Waals surface area contributed by atoms with Gasteiger partial charge >= 0.3 is 6.09 Å². The summed E-state index contributed by atoms with van der Waals surface area (Å²) in [5.41, 5.74) is -0.540. The van der Waals surface area contributed by atoms with Crippen molar-refractivity contribution in [1.29, 1.82) is 0 Å². The molecule has 8 heteroatoms. The lowest BCUT2D eigenvalue weighted by molar-refractivity contribution is -0.171. The van der Waals surface area contributed by atoms with Crippen LogP contribution in [0.4, 0.5) is 13.6 Å². The van der Waals surface area contributed by atoms with Gasteiger partial charge in [0.05, 0.1) is 7.11 Å². The van der Waals surface area contributed by atoms with Crippen molar-refractivity contribution in [1.82, 2.24) is 10.4 Å². The van der Waals surface area contributed by atoms with Gasteiger partial charge in [-0.2, -0.15) is 0 Å². The third-order valence-electron chi connectivity index (χ3n) is 2.94. The lowest BCUT2D eigenvalue weighted by Gasteiger charge is -2.25. The van der Waals surface area contributed by atoms with E-state index in [0.29, 0.717) is 0 Å². The molecule has 0 saturated heterocycles. The fourth-order valence-electron chi connectivity index (χ4n) is 1.92. The highest BCUT2D eigenvalue weighted by Crippen LogP contribution is 2.13. The number of hydroxylamine groups is 2. The van der Waals surface area contributed by atoms with E-state index < -0.39 is 35.3 Å². The molecule has 1 aromatic rings. The SMILES string of the molecule is CON(C)C(=O)[C@H](Cc1cc(F)cc(F)c1)NC(=O)OC(C)(C)C. The van der Waals surface area contributed by atoms with Crippen molar-refractivity contribution in [3.63, 3.8) is 0 Å². The number of hydrogen-bond acceptors (Lipinski definition) is 4. The molecule has 0 radical (unpaired) electrons. The molecule has 1 rings (SSSR count). The molecule has 0 spiro atoms. The van der Waals surface area contributed by atoms with Gasteiger partial charge in [-0.15, -0.1) is 0 Å². The number of amides is 2. The number of benzene rings is 1. The molecule has 134 valence electrons. The second-order valence-electron chi connectivity index (χ2n) is 6.20. The van der Waals surface area contributed by atoms with Crippen LogP contribution in [-0.4, -0.2) is 42.9 Å². The fraction of sp³-hybridized carbons (Fsp3) is 0.500. The van der Waals surface area contributed by atoms with Crippen LogP contribution in [0.25, 0.3) is 0 Å². The molecule has 1 aromatic carbocycles. The number of nitrogens with zero attached hydrogens (tertiary/aromatic N) is 1. The first-order chi connectivity index (χ1) is 11.0. The van der Waals surface area contributed by atoms with Gasteiger partial charge in [0.25, 0.3) is 5.91 Å². The zero-order valence-electron chi connectivity index (χ0n) is 14.4. The van der Waals surface area contributed by atoms with Gasteiger partial charge in [-0.05, 0) is 38.5 Å². The van der Waals surface area contributed by atoms with Crippen LogP contribution in [0.15, 0.2) is 18.2 Å². The van der Waals surface area contributed by atoms with Crippen molar-refractivity contribution in [3.05, 3.63) is 35.4 Å². The minimum atomic E-state index is -1.11. The number of nitrogens with one attached hydrogen (secondary N) is 1. The number of halogens is 2. The van der Waals surface area contributed by atoms with Crippen LogP contribution in [0.1, 0.15) is 26.3 Å². The van der Waals surface area contributed by atoms with E-state index >= 15 is 0 Å². The van der Waals surface area contributed by atoms with Crippen LogP contribution < -0.4 is 5.32 Å². The largest absolute Gasteiger partial charge is 0.444 e. The molecule has 0 aliphatic carbocycles. The van der Waals surface area contributed by atoms with Crippen LogP contribution in [-0.2, 0) is 20.8 Å². The first-order valence-electron chi connectivity index (χ1n) is 7.28. The maximum Gasteiger partial charge on any atom is 0.408 e. The van der Waals surface area contributed by atoms with Gasteiger partial charge in [0.15, 0.2) is 0 Å². The summed E-state index contributed by atoms with van der Waals surface area (Å²) in [6.07, 6.45) is -0.942. The summed E-state index contributed by atoms with van der Waals surface area (Å²) in [4.78, 5) is 29.0. The molecule has 0 aromatic heterocycles. The molecule has 0 saturated carbocycles. The molecule has 6 nitrogen and oxygen atoms in total. The van der Waals surface area contributed by atoms with Gasteiger partial charge in [0.1, 0.15) is 23.3 Å². The van der Waals surface area contributed by atoms with Gasteiger partial charge in [-0.25, -0.2) is 18.6 Å². The average molecular weight is 344 g/mol. The summed E-state index contributed by atoms with van der Waals surface area (Å²) >= 11 is 0. The average Bonchev–Trinajstić information content (AvgIpc) is 2.41. The predicted molar refractivity (Wildman–Crippen MR) is 83.0 cm³/mol. The Labute approximate surface area is 139 Å². The first-order valence-corrected chi connectivity index (χ1v) is 7.28. The monoisotopic (exact) mass is 344 g/mol. The van der Waals surface area contributed by atoms with Gasteiger partial charge in [0.2, 0.25) is 0 Å². The van der Waals surface area contributed by atoms with Crippen LogP contribution in [0.2, 0.25) is 0 Å². The predicted octanol–water partition coefficient (Wildman–Crippen LogP) is 2.42. The Balaban J connectivity index is 2.96. The van der Waals surface area contributed by atoms with Crippen molar-refractivity contribution >= 4 is 12.0 Å². The van der Waals surface area contributed by atoms with E-state index in [2.05, 4.69) is 5.32 Å². The van der Waals surface area contributed by atoms with Crippen LogP contribution in [0.3, 0.4) is 0 Å². The van der Waals surface area contributed by atoms with E-state index in [4.69, 9.17) is 9.57 Å². The van der Waals surface area contributed by atoms with E-state index in [1.807, 2.05) is 0 Å². The smallest absolute Gasteiger partial charge is 0.408 e. The Hall–Kier alpha value is -2.22. The molecular weight excluding hydrogens is 322 g/mol. The number of ether oxygens (including phenoxy) is 1. The van der Waals surface area contributed by atoms with Crippen LogP contribution in [0, 0.1) is 11.6 Å². The van der Waals surface area contributed by atoms with Crippen molar-refractivity contribution in [2.75, 3.05) is 14.2 Å². The third kappa shape index (κ3) is 6.49. The Morgan fingerprint density at radius 2 is 1.75 bits per heavy atom. The zero-order chi connectivity index (χ0) is 18.5. The lowest BCUT2D eigenvalue weighted by atomic mass is 10.0. The Morgan fingerprint density at radius 1 is 1.21 bits per heavy atom. The lowest BCUT2D eigenvalue weighted by Crippen LogP contribution is -2.49. The Bertz CT molecular complexity index is 582. The van der Waals surface area contributed by atoms with Crippen LogP contribution >= 0.6 is 0 Å². The molecular formula is C16H22F2N2O4. The van der Waals surface area contributed by atoms with Gasteiger partial charge < -0.3 is 10.1 Å². The number of carbonyl (C=O) groups excluding carboxylic acids is 2. The normalized spacial score (nSPS) is 12.5. The van der Waals surface area contributed by atoms with Gasteiger partial charge in [-0.1, -0.05) is 0 Å². The number of alkyl carbamates (subject to hydrolysis) is 1. The highest BCUT2D eigenvalue weighted by molar-refractivity contribution is 5.85. The van der Waals surface area contributed by atoms with E-state index in [9.17, 15) is 18.4 Å². The fourth-order valence-corrected chi connectivity index (χ4v) is 1.92. The van der Waals surface area contributed by atoms with E-state index in [0.717, 1.165) is 23.3 Å². The Kier molecular flexibility index (Phi) is 6.65. The topological polar surface area (TPSA) is 67.9 Å². The molecule has 0 fully saturated rings. The van der Waals surface area contributed by atoms with Crippen LogP contribution in [0.5, 0.6) is 0 Å². The van der Waals surface area contributed by atoms with Gasteiger partial charge in [-0.3, -0.25) is 9.63 Å². The first kappa shape index (κ1) is 19.8. The van der Waals surface area contributed by atoms with E-state index in [1.54, 1.807) is 20.8 Å². The maximum atomic E-state index is 13.3. The molecule has 0 unspecified atom stereocenters. The number of hydrogen-bond donors (Lipinski definition) is 1. The van der Waals surface area contributed by atoms with E-state index in [-0.39, 0.29) is 12.0 Å². The molecule has 0 aliphatic rings. The second kappa shape index (κ2) is 8.05. The number of likely N-dealkylation sites (N-methyl/N-ethyl adjacent to an activating group) is 1. The second-order valence-corrected chi connectivity index (χ2v) is 6.20. The summed E-state index contributed by atoms with van der Waals surface area (Å²) < 4.78 is 31.7. The van der Waals surface area contributed by atoms with Crippen molar-refractivity contribution in [3.8, 4) is 0 Å². The molecule has 2 amide bonds. The molecule has 1 N–H and O–H groups in total. The minimum Gasteiger partial charge on any atom is -0.444 e. The zero-order valence-corrected chi connectivity index (χ0v) is 14.4. The molecule has 24 heavy (non-hydrogen) atoms. The summed E-state index contributed by atoms with van der Waals surface area (Å²) in [5, 5.41) is 3.31. The molecule has 0 heterocycles. The van der Waals surface area contributed by atoms with Gasteiger partial charge in [0, 0.05) is 19.5 Å². The number of carbonyl (C=O) groups is 2. The van der Waals surface area contributed by atoms with Crippen molar-refractivity contribution in [2.24, 2.45) is 0 Å². The summed E-state index contributed by atoms with van der Waals surface area (Å²) in [6.45, 7) is 5.02. The molecule has 0 bridgehead atoms. The van der Waals surface area contributed by atoms with E-state index in [1.165, 1.54) is 14.2 Å².